The lowest BCUT2D eigenvalue weighted by atomic mass is 10.2. The first kappa shape index (κ1) is 26.3. The first-order valence-corrected chi connectivity index (χ1v) is 13.0. The topological polar surface area (TPSA) is 96.0 Å². The Morgan fingerprint density at radius 3 is 1.72 bits per heavy atom. The number of hydrogen-bond donors (Lipinski definition) is 1. The van der Waals surface area contributed by atoms with Crippen LogP contribution in [0.2, 0.25) is 0 Å². The molecule has 1 rings (SSSR count). The standard InChI is InChI=1S/C19H36N2O6P2/c1-14(2)24-28(22,25-15(3)4)18(21-17-12-10-11-13-20-17)29(23,26-16(5)6)27-19(7,8)9/h10-16,18H,1-9H3,(H,20,21). The molecule has 0 spiro atoms. The molecule has 10 heteroatoms. The number of nitrogens with one attached hydrogen (secondary N) is 1. The van der Waals surface area contributed by atoms with Crippen molar-refractivity contribution < 1.29 is 27.2 Å². The minimum absolute atomic E-state index is 0.350. The summed E-state index contributed by atoms with van der Waals surface area (Å²) >= 11 is 0. The molecule has 0 saturated carbocycles. The zero-order valence-electron chi connectivity index (χ0n) is 18.9. The molecule has 8 nitrogen and oxygen atoms in total. The summed E-state index contributed by atoms with van der Waals surface area (Å²) in [6, 6.07) is 5.16. The Hall–Kier alpha value is -0.750. The fraction of sp³-hybridized carbons (Fsp3) is 0.737. The van der Waals surface area contributed by atoms with Crippen molar-refractivity contribution in [1.82, 2.24) is 4.98 Å². The number of aromatic nitrogens is 1. The smallest absolute Gasteiger partial charge is 0.346 e. The summed E-state index contributed by atoms with van der Waals surface area (Å²) < 4.78 is 51.2. The van der Waals surface area contributed by atoms with Crippen molar-refractivity contribution in [2.24, 2.45) is 0 Å². The van der Waals surface area contributed by atoms with Crippen LogP contribution in [0.25, 0.3) is 0 Å². The first-order chi connectivity index (χ1) is 13.2. The molecule has 2 unspecified atom stereocenters. The van der Waals surface area contributed by atoms with Crippen LogP contribution in [0.3, 0.4) is 0 Å². The van der Waals surface area contributed by atoms with Crippen molar-refractivity contribution in [3.8, 4) is 0 Å². The Kier molecular flexibility index (Phi) is 9.53. The minimum Gasteiger partial charge on any atom is -0.346 e. The van der Waals surface area contributed by atoms with E-state index in [2.05, 4.69) is 10.3 Å². The van der Waals surface area contributed by atoms with Crippen LogP contribution in [-0.2, 0) is 27.2 Å². The SMILES string of the molecule is CC(C)OP(=O)(OC(C)C)C(Nc1ccccn1)P(=O)(OC(C)C)OC(C)(C)C. The summed E-state index contributed by atoms with van der Waals surface area (Å²) in [7, 11) is -8.11. The summed E-state index contributed by atoms with van der Waals surface area (Å²) in [4.78, 5) is 4.20. The van der Waals surface area contributed by atoms with Crippen LogP contribution in [0, 0.1) is 0 Å². The third-order valence-corrected chi connectivity index (χ3v) is 9.12. The van der Waals surface area contributed by atoms with E-state index in [9.17, 15) is 9.13 Å². The largest absolute Gasteiger partial charge is 0.366 e. The average Bonchev–Trinajstić information content (AvgIpc) is 2.49. The van der Waals surface area contributed by atoms with Gasteiger partial charge >= 0.3 is 15.2 Å². The van der Waals surface area contributed by atoms with Gasteiger partial charge in [-0.3, -0.25) is 9.13 Å². The number of rotatable bonds is 11. The van der Waals surface area contributed by atoms with Crippen molar-refractivity contribution in [3.63, 3.8) is 0 Å². The Balaban J connectivity index is 3.60. The molecule has 0 bridgehead atoms. The van der Waals surface area contributed by atoms with Crippen LogP contribution in [0.1, 0.15) is 62.3 Å². The lowest BCUT2D eigenvalue weighted by Crippen LogP contribution is -2.31. The van der Waals surface area contributed by atoms with Crippen LogP contribution < -0.4 is 5.32 Å². The van der Waals surface area contributed by atoms with Gasteiger partial charge in [-0.1, -0.05) is 6.07 Å². The molecule has 0 fully saturated rings. The molecule has 1 N–H and O–H groups in total. The lowest BCUT2D eigenvalue weighted by Gasteiger charge is -2.37. The van der Waals surface area contributed by atoms with E-state index in [1.54, 1.807) is 86.7 Å². The molecular formula is C19H36N2O6P2. The molecule has 1 aromatic rings. The first-order valence-electron chi connectivity index (χ1n) is 9.80. The van der Waals surface area contributed by atoms with Gasteiger partial charge in [0.1, 0.15) is 5.82 Å². The highest BCUT2D eigenvalue weighted by atomic mass is 31.2. The number of hydrogen-bond acceptors (Lipinski definition) is 8. The molecule has 0 aliphatic rings. The second kappa shape index (κ2) is 10.5. The molecule has 0 aliphatic heterocycles. The third-order valence-electron chi connectivity index (χ3n) is 3.02. The van der Waals surface area contributed by atoms with E-state index in [-0.39, 0.29) is 0 Å². The quantitative estimate of drug-likeness (QED) is 0.395. The molecule has 0 aliphatic carbocycles. The highest BCUT2D eigenvalue weighted by molar-refractivity contribution is 7.73. The molecule has 168 valence electrons. The van der Waals surface area contributed by atoms with Crippen molar-refractivity contribution in [2.45, 2.75) is 91.8 Å². The monoisotopic (exact) mass is 450 g/mol. The maximum atomic E-state index is 14.1. The van der Waals surface area contributed by atoms with E-state index in [0.717, 1.165) is 0 Å². The normalized spacial score (nSPS) is 16.3. The van der Waals surface area contributed by atoms with E-state index in [1.807, 2.05) is 0 Å². The van der Waals surface area contributed by atoms with Gasteiger partial charge in [-0.2, -0.15) is 0 Å². The van der Waals surface area contributed by atoms with Crippen LogP contribution in [-0.4, -0.2) is 34.4 Å². The van der Waals surface area contributed by atoms with Gasteiger partial charge in [-0.05, 0) is 74.4 Å². The van der Waals surface area contributed by atoms with Crippen molar-refractivity contribution in [3.05, 3.63) is 24.4 Å². The molecule has 2 atom stereocenters. The predicted molar refractivity (Wildman–Crippen MR) is 116 cm³/mol. The van der Waals surface area contributed by atoms with Gasteiger partial charge in [0.15, 0.2) is 0 Å². The summed E-state index contributed by atoms with van der Waals surface area (Å²) in [6.45, 7) is 15.6. The highest BCUT2D eigenvalue weighted by Gasteiger charge is 2.54. The van der Waals surface area contributed by atoms with E-state index in [1.165, 1.54) is 0 Å². The Morgan fingerprint density at radius 2 is 1.34 bits per heavy atom. The minimum atomic E-state index is -4.07. The second-order valence-electron chi connectivity index (χ2n) is 8.48. The van der Waals surface area contributed by atoms with Gasteiger partial charge in [0.2, 0.25) is 5.52 Å². The number of anilines is 1. The fourth-order valence-corrected chi connectivity index (χ4v) is 8.11. The fourth-order valence-electron chi connectivity index (χ4n) is 2.44. The van der Waals surface area contributed by atoms with Gasteiger partial charge in [0.05, 0.1) is 23.9 Å². The molecule has 1 aromatic heterocycles. The summed E-state index contributed by atoms with van der Waals surface area (Å²) in [6.07, 6.45) is 0.211. The highest BCUT2D eigenvalue weighted by Crippen LogP contribution is 2.72. The molecule has 29 heavy (non-hydrogen) atoms. The van der Waals surface area contributed by atoms with Crippen molar-refractivity contribution in [1.29, 1.82) is 0 Å². The van der Waals surface area contributed by atoms with Crippen LogP contribution >= 0.6 is 15.2 Å². The molecule has 1 heterocycles. The summed E-state index contributed by atoms with van der Waals surface area (Å²) in [5, 5.41) is 2.96. The molecule has 0 aromatic carbocycles. The maximum absolute atomic E-state index is 14.1. The van der Waals surface area contributed by atoms with Gasteiger partial charge in [0, 0.05) is 6.20 Å². The van der Waals surface area contributed by atoms with E-state index >= 15 is 0 Å². The molecule has 0 amide bonds. The van der Waals surface area contributed by atoms with Crippen molar-refractivity contribution in [2.75, 3.05) is 5.32 Å². The Bertz CT molecular complexity index is 705. The maximum Gasteiger partial charge on any atom is 0.366 e. The van der Waals surface area contributed by atoms with E-state index in [4.69, 9.17) is 18.1 Å². The zero-order valence-corrected chi connectivity index (χ0v) is 20.7. The molecular weight excluding hydrogens is 414 g/mol. The molecule has 0 radical (unpaired) electrons. The van der Waals surface area contributed by atoms with E-state index < -0.39 is 44.6 Å². The van der Waals surface area contributed by atoms with Crippen LogP contribution in [0.5, 0.6) is 0 Å². The van der Waals surface area contributed by atoms with Gasteiger partial charge < -0.3 is 23.4 Å². The van der Waals surface area contributed by atoms with Crippen LogP contribution in [0.15, 0.2) is 24.4 Å². The Labute approximate surface area is 175 Å². The summed E-state index contributed by atoms with van der Waals surface area (Å²) in [5.74, 6) is 0.350. The third kappa shape index (κ3) is 8.87. The van der Waals surface area contributed by atoms with Crippen LogP contribution in [0.4, 0.5) is 5.82 Å². The van der Waals surface area contributed by atoms with Gasteiger partial charge in [0.25, 0.3) is 0 Å². The molecule has 0 saturated heterocycles. The van der Waals surface area contributed by atoms with Gasteiger partial charge in [-0.25, -0.2) is 4.98 Å². The lowest BCUT2D eigenvalue weighted by molar-refractivity contribution is 0.0783. The number of nitrogens with zero attached hydrogens (tertiary/aromatic N) is 1. The number of pyridine rings is 1. The zero-order chi connectivity index (χ0) is 22.5. The van der Waals surface area contributed by atoms with Gasteiger partial charge in [-0.15, -0.1) is 0 Å². The van der Waals surface area contributed by atoms with Crippen molar-refractivity contribution >= 4 is 21.0 Å². The average molecular weight is 450 g/mol. The second-order valence-corrected chi connectivity index (χ2v) is 12.9. The Morgan fingerprint density at radius 1 is 0.862 bits per heavy atom. The predicted octanol–water partition coefficient (Wildman–Crippen LogP) is 6.25. The summed E-state index contributed by atoms with van der Waals surface area (Å²) in [5.41, 5.74) is -2.24. The van der Waals surface area contributed by atoms with E-state index in [0.29, 0.717) is 5.82 Å².